The Morgan fingerprint density at radius 2 is 1.86 bits per heavy atom. The molecule has 0 spiro atoms. The predicted octanol–water partition coefficient (Wildman–Crippen LogP) is 4.89. The summed E-state index contributed by atoms with van der Waals surface area (Å²) in [5.41, 5.74) is 6.79. The Labute approximate surface area is 206 Å². The summed E-state index contributed by atoms with van der Waals surface area (Å²) in [6, 6.07) is 6.80. The molecule has 8 nitrogen and oxygen atoms in total. The van der Waals surface area contributed by atoms with Gasteiger partial charge in [0.2, 0.25) is 11.8 Å². The van der Waals surface area contributed by atoms with E-state index in [9.17, 15) is 0 Å². The van der Waals surface area contributed by atoms with Crippen molar-refractivity contribution in [2.24, 2.45) is 7.05 Å². The molecule has 4 heterocycles. The molecule has 4 aromatic rings. The first kappa shape index (κ1) is 23.5. The van der Waals surface area contributed by atoms with E-state index in [-0.39, 0.29) is 5.41 Å². The van der Waals surface area contributed by atoms with E-state index in [1.807, 2.05) is 24.9 Å². The number of fused-ring (bicyclic) bond motifs is 1. The van der Waals surface area contributed by atoms with E-state index in [0.29, 0.717) is 5.92 Å². The molecule has 0 atom stereocenters. The van der Waals surface area contributed by atoms with Crippen molar-refractivity contribution in [3.05, 3.63) is 58.6 Å². The van der Waals surface area contributed by atoms with Crippen molar-refractivity contribution in [3.8, 4) is 0 Å². The van der Waals surface area contributed by atoms with E-state index in [2.05, 4.69) is 65.9 Å². The molecule has 0 unspecified atom stereocenters. The van der Waals surface area contributed by atoms with E-state index in [1.54, 1.807) is 0 Å². The standard InChI is InChI=1S/C27H35N7O/c1-7-22-30-25(35-32-22)18-10-12-34(13-11-18)26-29-21(23-24(31-26)28-16-33(23)6)15-19-14-20(27(3,4)5)9-8-17(19)2/h8-9,14,16,18H,7,10-13,15H2,1-6H3. The highest BCUT2D eigenvalue weighted by Crippen LogP contribution is 2.31. The molecule has 1 saturated heterocycles. The second-order valence-corrected chi connectivity index (χ2v) is 10.7. The molecule has 0 saturated carbocycles. The van der Waals surface area contributed by atoms with Crippen molar-refractivity contribution in [3.63, 3.8) is 0 Å². The van der Waals surface area contributed by atoms with Gasteiger partial charge in [-0.3, -0.25) is 0 Å². The Hall–Kier alpha value is -3.29. The second-order valence-electron chi connectivity index (χ2n) is 10.7. The van der Waals surface area contributed by atoms with Gasteiger partial charge < -0.3 is 14.0 Å². The number of hydrogen-bond acceptors (Lipinski definition) is 7. The van der Waals surface area contributed by atoms with Crippen molar-refractivity contribution in [1.82, 2.24) is 29.7 Å². The van der Waals surface area contributed by atoms with Gasteiger partial charge in [-0.15, -0.1) is 0 Å². The SMILES string of the molecule is CCc1noc(C2CCN(c3nc(Cc4cc(C(C)(C)C)ccc4C)c4c(ncn4C)n3)CC2)n1. The molecule has 0 radical (unpaired) electrons. The summed E-state index contributed by atoms with van der Waals surface area (Å²) in [7, 11) is 2.01. The lowest BCUT2D eigenvalue weighted by Gasteiger charge is -2.30. The van der Waals surface area contributed by atoms with Gasteiger partial charge in [-0.05, 0) is 41.9 Å². The second kappa shape index (κ2) is 9.06. The van der Waals surface area contributed by atoms with Crippen molar-refractivity contribution in [2.45, 2.75) is 71.6 Å². The van der Waals surface area contributed by atoms with Crippen LogP contribution >= 0.6 is 0 Å². The average Bonchev–Trinajstić information content (AvgIpc) is 3.47. The third-order valence-electron chi connectivity index (χ3n) is 7.13. The van der Waals surface area contributed by atoms with E-state index < -0.39 is 0 Å². The maximum absolute atomic E-state index is 5.50. The lowest BCUT2D eigenvalue weighted by atomic mass is 9.84. The Morgan fingerprint density at radius 3 is 2.54 bits per heavy atom. The predicted molar refractivity (Wildman–Crippen MR) is 137 cm³/mol. The minimum absolute atomic E-state index is 0.0989. The maximum atomic E-state index is 5.50. The van der Waals surface area contributed by atoms with Crippen molar-refractivity contribution < 1.29 is 4.52 Å². The van der Waals surface area contributed by atoms with Gasteiger partial charge in [0.1, 0.15) is 5.52 Å². The van der Waals surface area contributed by atoms with Crippen LogP contribution in [-0.2, 0) is 25.3 Å². The fourth-order valence-electron chi connectivity index (χ4n) is 4.80. The van der Waals surface area contributed by atoms with Crippen molar-refractivity contribution in [1.29, 1.82) is 0 Å². The molecule has 0 amide bonds. The Kier molecular flexibility index (Phi) is 6.07. The van der Waals surface area contributed by atoms with Crippen LogP contribution in [0.2, 0.25) is 0 Å². The largest absolute Gasteiger partial charge is 0.341 e. The molecule has 1 fully saturated rings. The van der Waals surface area contributed by atoms with Crippen LogP contribution in [-0.4, -0.2) is 42.7 Å². The normalized spacial score (nSPS) is 15.3. The van der Waals surface area contributed by atoms with Crippen LogP contribution in [0.3, 0.4) is 0 Å². The first-order chi connectivity index (χ1) is 16.7. The zero-order valence-electron chi connectivity index (χ0n) is 21.7. The number of benzene rings is 1. The van der Waals surface area contributed by atoms with Crippen molar-refractivity contribution >= 4 is 17.1 Å². The molecule has 1 aliphatic heterocycles. The van der Waals surface area contributed by atoms with Crippen LogP contribution in [0.25, 0.3) is 11.2 Å². The van der Waals surface area contributed by atoms with Gasteiger partial charge >= 0.3 is 0 Å². The minimum atomic E-state index is 0.0989. The minimum Gasteiger partial charge on any atom is -0.341 e. The van der Waals surface area contributed by atoms with Gasteiger partial charge in [0.25, 0.3) is 0 Å². The summed E-state index contributed by atoms with van der Waals surface area (Å²) >= 11 is 0. The Balaban J connectivity index is 1.43. The molecule has 35 heavy (non-hydrogen) atoms. The molecule has 3 aromatic heterocycles. The van der Waals surface area contributed by atoms with E-state index in [0.717, 1.165) is 73.3 Å². The Bertz CT molecular complexity index is 1340. The summed E-state index contributed by atoms with van der Waals surface area (Å²) in [5.74, 6) is 2.59. The summed E-state index contributed by atoms with van der Waals surface area (Å²) in [6.45, 7) is 12.7. The number of hydrogen-bond donors (Lipinski definition) is 0. The molecule has 8 heteroatoms. The van der Waals surface area contributed by atoms with E-state index >= 15 is 0 Å². The average molecular weight is 474 g/mol. The quantitative estimate of drug-likeness (QED) is 0.408. The molecule has 1 aliphatic rings. The molecule has 5 rings (SSSR count). The molecular formula is C27H35N7O. The first-order valence-electron chi connectivity index (χ1n) is 12.6. The highest BCUT2D eigenvalue weighted by molar-refractivity contribution is 5.75. The molecule has 0 aliphatic carbocycles. The monoisotopic (exact) mass is 473 g/mol. The third kappa shape index (κ3) is 4.66. The Morgan fingerprint density at radius 1 is 1.09 bits per heavy atom. The van der Waals surface area contributed by atoms with Crippen LogP contribution in [0.15, 0.2) is 29.0 Å². The third-order valence-corrected chi connectivity index (χ3v) is 7.13. The van der Waals surface area contributed by atoms with Gasteiger partial charge in [-0.1, -0.05) is 51.1 Å². The molecule has 1 aromatic carbocycles. The fraction of sp³-hybridized carbons (Fsp3) is 0.519. The van der Waals surface area contributed by atoms with Crippen LogP contribution < -0.4 is 4.90 Å². The van der Waals surface area contributed by atoms with Gasteiger partial charge in [-0.25, -0.2) is 9.97 Å². The zero-order valence-corrected chi connectivity index (χ0v) is 21.7. The highest BCUT2D eigenvalue weighted by atomic mass is 16.5. The van der Waals surface area contributed by atoms with Gasteiger partial charge in [0, 0.05) is 38.9 Å². The molecule has 0 bridgehead atoms. The van der Waals surface area contributed by atoms with Crippen molar-refractivity contribution in [2.75, 3.05) is 18.0 Å². The van der Waals surface area contributed by atoms with Crippen LogP contribution in [0, 0.1) is 6.92 Å². The summed E-state index contributed by atoms with van der Waals surface area (Å²) in [5, 5.41) is 4.07. The number of anilines is 1. The number of aryl methyl sites for hydroxylation is 3. The topological polar surface area (TPSA) is 85.8 Å². The van der Waals surface area contributed by atoms with Gasteiger partial charge in [0.05, 0.1) is 12.0 Å². The lowest BCUT2D eigenvalue weighted by Crippen LogP contribution is -2.34. The highest BCUT2D eigenvalue weighted by Gasteiger charge is 2.27. The van der Waals surface area contributed by atoms with Crippen LogP contribution in [0.1, 0.15) is 80.6 Å². The number of aromatic nitrogens is 6. The first-order valence-corrected chi connectivity index (χ1v) is 12.6. The zero-order chi connectivity index (χ0) is 24.7. The van der Waals surface area contributed by atoms with E-state index in [1.165, 1.54) is 16.7 Å². The van der Waals surface area contributed by atoms with Crippen LogP contribution in [0.4, 0.5) is 5.95 Å². The van der Waals surface area contributed by atoms with Crippen LogP contribution in [0.5, 0.6) is 0 Å². The number of rotatable bonds is 5. The number of nitrogens with zero attached hydrogens (tertiary/aromatic N) is 7. The number of imidazole rings is 1. The van der Waals surface area contributed by atoms with Gasteiger partial charge in [0.15, 0.2) is 11.5 Å². The molecule has 0 N–H and O–H groups in total. The summed E-state index contributed by atoms with van der Waals surface area (Å²) < 4.78 is 7.54. The van der Waals surface area contributed by atoms with E-state index in [4.69, 9.17) is 14.5 Å². The lowest BCUT2D eigenvalue weighted by molar-refractivity contribution is 0.326. The van der Waals surface area contributed by atoms with Gasteiger partial charge in [-0.2, -0.15) is 9.97 Å². The smallest absolute Gasteiger partial charge is 0.229 e. The summed E-state index contributed by atoms with van der Waals surface area (Å²) in [6.07, 6.45) is 5.26. The molecular weight excluding hydrogens is 438 g/mol. The summed E-state index contributed by atoms with van der Waals surface area (Å²) in [4.78, 5) is 21.3. The fourth-order valence-corrected chi connectivity index (χ4v) is 4.80. The number of piperidine rings is 1. The molecule has 184 valence electrons. The maximum Gasteiger partial charge on any atom is 0.229 e.